The standard InChI is InChI=1S/C14H11ClFN3/c1-8-9(2)19(11-5-3-4-10(16)6-11)14-12(8)13(15)17-7-18-14/h3-7H,1-2H3. The van der Waals surface area contributed by atoms with Crippen molar-refractivity contribution in [3.8, 4) is 5.69 Å². The number of hydrogen-bond acceptors (Lipinski definition) is 2. The highest BCUT2D eigenvalue weighted by molar-refractivity contribution is 6.34. The van der Waals surface area contributed by atoms with Gasteiger partial charge in [0.15, 0.2) is 0 Å². The Labute approximate surface area is 114 Å². The van der Waals surface area contributed by atoms with Crippen molar-refractivity contribution in [1.29, 1.82) is 0 Å². The molecule has 0 spiro atoms. The van der Waals surface area contributed by atoms with E-state index in [1.54, 1.807) is 6.07 Å². The monoisotopic (exact) mass is 275 g/mol. The summed E-state index contributed by atoms with van der Waals surface area (Å²) >= 11 is 6.13. The second-order valence-electron chi connectivity index (χ2n) is 4.39. The second-order valence-corrected chi connectivity index (χ2v) is 4.75. The lowest BCUT2D eigenvalue weighted by atomic mass is 10.2. The maximum absolute atomic E-state index is 13.4. The van der Waals surface area contributed by atoms with Gasteiger partial charge in [0.05, 0.1) is 11.1 Å². The first-order valence-electron chi connectivity index (χ1n) is 5.83. The molecule has 3 nitrogen and oxygen atoms in total. The topological polar surface area (TPSA) is 30.7 Å². The predicted octanol–water partition coefficient (Wildman–Crippen LogP) is 3.83. The molecule has 5 heteroatoms. The Hall–Kier alpha value is -1.94. The molecule has 0 saturated carbocycles. The zero-order chi connectivity index (χ0) is 13.6. The van der Waals surface area contributed by atoms with Gasteiger partial charge in [-0.25, -0.2) is 14.4 Å². The summed E-state index contributed by atoms with van der Waals surface area (Å²) in [5.41, 5.74) is 3.40. The molecule has 0 unspecified atom stereocenters. The van der Waals surface area contributed by atoms with Gasteiger partial charge in [0.25, 0.3) is 0 Å². The van der Waals surface area contributed by atoms with Gasteiger partial charge in [-0.2, -0.15) is 0 Å². The molecule has 0 radical (unpaired) electrons. The van der Waals surface area contributed by atoms with Gasteiger partial charge >= 0.3 is 0 Å². The smallest absolute Gasteiger partial charge is 0.149 e. The number of benzene rings is 1. The summed E-state index contributed by atoms with van der Waals surface area (Å²) in [6.07, 6.45) is 1.42. The minimum atomic E-state index is -0.281. The van der Waals surface area contributed by atoms with Gasteiger partial charge in [0, 0.05) is 5.69 Å². The number of aromatic nitrogens is 3. The van der Waals surface area contributed by atoms with Crippen LogP contribution in [0.5, 0.6) is 0 Å². The summed E-state index contributed by atoms with van der Waals surface area (Å²) in [5, 5.41) is 1.23. The molecule has 0 N–H and O–H groups in total. The van der Waals surface area contributed by atoms with Crippen LogP contribution in [0.15, 0.2) is 30.6 Å². The van der Waals surface area contributed by atoms with E-state index in [0.29, 0.717) is 10.8 Å². The van der Waals surface area contributed by atoms with E-state index in [1.807, 2.05) is 24.5 Å². The maximum Gasteiger partial charge on any atom is 0.149 e. The average molecular weight is 276 g/mol. The van der Waals surface area contributed by atoms with Crippen LogP contribution >= 0.6 is 11.6 Å². The Morgan fingerprint density at radius 1 is 1.21 bits per heavy atom. The first kappa shape index (κ1) is 12.1. The summed E-state index contributed by atoms with van der Waals surface area (Å²) in [7, 11) is 0. The van der Waals surface area contributed by atoms with E-state index in [-0.39, 0.29) is 5.82 Å². The van der Waals surface area contributed by atoms with Crippen molar-refractivity contribution in [2.24, 2.45) is 0 Å². The quantitative estimate of drug-likeness (QED) is 0.632. The first-order chi connectivity index (χ1) is 9.09. The Balaban J connectivity index is 2.42. The van der Waals surface area contributed by atoms with E-state index in [2.05, 4.69) is 9.97 Å². The van der Waals surface area contributed by atoms with Crippen molar-refractivity contribution >= 4 is 22.6 Å². The highest BCUT2D eigenvalue weighted by atomic mass is 35.5. The van der Waals surface area contributed by atoms with Crippen LogP contribution in [0.4, 0.5) is 4.39 Å². The largest absolute Gasteiger partial charge is 0.298 e. The molecule has 2 heterocycles. The van der Waals surface area contributed by atoms with Crippen molar-refractivity contribution in [2.45, 2.75) is 13.8 Å². The molecule has 0 saturated heterocycles. The number of aryl methyl sites for hydroxylation is 1. The fraction of sp³-hybridized carbons (Fsp3) is 0.143. The van der Waals surface area contributed by atoms with Gasteiger partial charge in [-0.3, -0.25) is 4.57 Å². The SMILES string of the molecule is Cc1c(C)n(-c2cccc(F)c2)c2ncnc(Cl)c12. The van der Waals surface area contributed by atoms with Crippen LogP contribution in [0, 0.1) is 19.7 Å². The van der Waals surface area contributed by atoms with Crippen molar-refractivity contribution in [3.05, 3.63) is 52.8 Å². The minimum absolute atomic E-state index is 0.281. The minimum Gasteiger partial charge on any atom is -0.298 e. The molecule has 0 bridgehead atoms. The van der Waals surface area contributed by atoms with Crippen molar-refractivity contribution in [1.82, 2.24) is 14.5 Å². The molecule has 96 valence electrons. The third-order valence-corrected chi connectivity index (χ3v) is 3.60. The van der Waals surface area contributed by atoms with E-state index >= 15 is 0 Å². The van der Waals surface area contributed by atoms with Gasteiger partial charge in [-0.15, -0.1) is 0 Å². The Bertz CT molecular complexity index is 780. The molecule has 0 atom stereocenters. The van der Waals surface area contributed by atoms with E-state index in [1.165, 1.54) is 18.5 Å². The van der Waals surface area contributed by atoms with Crippen LogP contribution in [-0.2, 0) is 0 Å². The molecule has 0 aliphatic carbocycles. The van der Waals surface area contributed by atoms with E-state index in [9.17, 15) is 4.39 Å². The third-order valence-electron chi connectivity index (χ3n) is 3.31. The van der Waals surface area contributed by atoms with Crippen LogP contribution in [0.25, 0.3) is 16.7 Å². The molecular weight excluding hydrogens is 265 g/mol. The number of hydrogen-bond donors (Lipinski definition) is 0. The molecule has 0 aliphatic heterocycles. The molecule has 19 heavy (non-hydrogen) atoms. The van der Waals surface area contributed by atoms with Gasteiger partial charge in [0.2, 0.25) is 0 Å². The van der Waals surface area contributed by atoms with Gasteiger partial charge < -0.3 is 0 Å². The molecule has 0 fully saturated rings. The first-order valence-corrected chi connectivity index (χ1v) is 6.21. The van der Waals surface area contributed by atoms with Crippen molar-refractivity contribution < 1.29 is 4.39 Å². The lowest BCUT2D eigenvalue weighted by molar-refractivity contribution is 0.626. The van der Waals surface area contributed by atoms with Crippen molar-refractivity contribution in [3.63, 3.8) is 0 Å². The lowest BCUT2D eigenvalue weighted by Crippen LogP contribution is -1.98. The average Bonchev–Trinajstić information content (AvgIpc) is 2.63. The highest BCUT2D eigenvalue weighted by Gasteiger charge is 2.16. The fourth-order valence-corrected chi connectivity index (χ4v) is 2.56. The van der Waals surface area contributed by atoms with Crippen LogP contribution < -0.4 is 0 Å². The van der Waals surface area contributed by atoms with Crippen LogP contribution in [-0.4, -0.2) is 14.5 Å². The normalized spacial score (nSPS) is 11.2. The maximum atomic E-state index is 13.4. The molecule has 0 aliphatic rings. The molecule has 1 aromatic carbocycles. The predicted molar refractivity (Wildman–Crippen MR) is 73.3 cm³/mol. The molecule has 0 amide bonds. The van der Waals surface area contributed by atoms with Gasteiger partial charge in [0.1, 0.15) is 22.9 Å². The van der Waals surface area contributed by atoms with E-state index in [4.69, 9.17) is 11.6 Å². The Kier molecular flexibility index (Phi) is 2.75. The molecule has 3 rings (SSSR count). The Morgan fingerprint density at radius 2 is 2.00 bits per heavy atom. The molecule has 2 aromatic heterocycles. The summed E-state index contributed by atoms with van der Waals surface area (Å²) in [5.74, 6) is -0.281. The van der Waals surface area contributed by atoms with E-state index < -0.39 is 0 Å². The number of halogens is 2. The molecular formula is C14H11ClFN3. The van der Waals surface area contributed by atoms with Gasteiger partial charge in [-0.05, 0) is 37.6 Å². The third kappa shape index (κ3) is 1.79. The second kappa shape index (κ2) is 4.31. The summed E-state index contributed by atoms with van der Waals surface area (Å²) < 4.78 is 15.3. The number of rotatable bonds is 1. The lowest BCUT2D eigenvalue weighted by Gasteiger charge is -2.07. The van der Waals surface area contributed by atoms with E-state index in [0.717, 1.165) is 22.3 Å². The number of fused-ring (bicyclic) bond motifs is 1. The Morgan fingerprint density at radius 3 is 2.74 bits per heavy atom. The summed E-state index contributed by atoms with van der Waals surface area (Å²) in [4.78, 5) is 8.28. The van der Waals surface area contributed by atoms with Crippen LogP contribution in [0.2, 0.25) is 5.15 Å². The number of nitrogens with zero attached hydrogens (tertiary/aromatic N) is 3. The van der Waals surface area contributed by atoms with Gasteiger partial charge in [-0.1, -0.05) is 17.7 Å². The summed E-state index contributed by atoms with van der Waals surface area (Å²) in [6.45, 7) is 3.92. The van der Waals surface area contributed by atoms with Crippen LogP contribution in [0.3, 0.4) is 0 Å². The highest BCUT2D eigenvalue weighted by Crippen LogP contribution is 2.30. The zero-order valence-corrected chi connectivity index (χ0v) is 11.2. The zero-order valence-electron chi connectivity index (χ0n) is 10.5. The van der Waals surface area contributed by atoms with Crippen molar-refractivity contribution in [2.75, 3.05) is 0 Å². The molecule has 3 aromatic rings. The fourth-order valence-electron chi connectivity index (χ4n) is 2.29. The summed E-state index contributed by atoms with van der Waals surface area (Å²) in [6, 6.07) is 6.40. The van der Waals surface area contributed by atoms with Crippen LogP contribution in [0.1, 0.15) is 11.3 Å².